The summed E-state index contributed by atoms with van der Waals surface area (Å²) in [6.07, 6.45) is -0.906. The van der Waals surface area contributed by atoms with Gasteiger partial charge >= 0.3 is 17.9 Å². The van der Waals surface area contributed by atoms with Gasteiger partial charge in [-0.25, -0.2) is 4.79 Å². The average Bonchev–Trinajstić information content (AvgIpc) is 3.29. The van der Waals surface area contributed by atoms with E-state index < -0.39 is 60.6 Å². The van der Waals surface area contributed by atoms with E-state index in [9.17, 15) is 29.1 Å². The van der Waals surface area contributed by atoms with Crippen molar-refractivity contribution in [1.82, 2.24) is 10.2 Å². The number of nitrogens with zero attached hydrogens (tertiary/aromatic N) is 1. The number of aliphatic carboxylic acids is 1. The summed E-state index contributed by atoms with van der Waals surface area (Å²) in [5.41, 5.74) is 6.84. The van der Waals surface area contributed by atoms with Crippen molar-refractivity contribution in [3.05, 3.63) is 35.9 Å². The van der Waals surface area contributed by atoms with Crippen LogP contribution in [0.1, 0.15) is 65.4 Å². The number of carbonyl (C=O) groups is 5. The zero-order valence-corrected chi connectivity index (χ0v) is 23.1. The van der Waals surface area contributed by atoms with E-state index in [-0.39, 0.29) is 31.2 Å². The minimum atomic E-state index is -1.35. The van der Waals surface area contributed by atoms with E-state index in [1.165, 1.54) is 11.8 Å². The van der Waals surface area contributed by atoms with Crippen LogP contribution in [0, 0.1) is 5.92 Å². The van der Waals surface area contributed by atoms with Gasteiger partial charge in [0.2, 0.25) is 11.8 Å². The Hall–Kier alpha value is -3.47. The van der Waals surface area contributed by atoms with E-state index in [1.807, 2.05) is 19.9 Å². The number of carbonyl (C=O) groups excluding carboxylic acids is 4. The molecule has 1 aromatic rings. The predicted molar refractivity (Wildman–Crippen MR) is 142 cm³/mol. The first-order valence-corrected chi connectivity index (χ1v) is 13.5. The molecule has 0 aromatic heterocycles. The number of carboxylic acids is 1. The zero-order valence-electron chi connectivity index (χ0n) is 23.1. The van der Waals surface area contributed by atoms with Crippen LogP contribution in [0.4, 0.5) is 0 Å². The van der Waals surface area contributed by atoms with Crippen molar-refractivity contribution in [3.8, 4) is 0 Å². The number of esters is 2. The van der Waals surface area contributed by atoms with Crippen molar-refractivity contribution in [3.63, 3.8) is 0 Å². The van der Waals surface area contributed by atoms with Crippen LogP contribution in [0.25, 0.3) is 0 Å². The van der Waals surface area contributed by atoms with E-state index in [4.69, 9.17) is 15.2 Å². The van der Waals surface area contributed by atoms with Gasteiger partial charge in [-0.15, -0.1) is 0 Å². The Labute approximate surface area is 229 Å². The van der Waals surface area contributed by atoms with Crippen LogP contribution in [0.15, 0.2) is 30.3 Å². The quantitative estimate of drug-likeness (QED) is 0.294. The largest absolute Gasteiger partial charge is 0.481 e. The predicted octanol–water partition coefficient (Wildman–Crippen LogP) is 1.81. The molecule has 6 unspecified atom stereocenters. The molecule has 1 aliphatic rings. The number of hydrogen-bond acceptors (Lipinski definition) is 8. The van der Waals surface area contributed by atoms with Gasteiger partial charge in [0.15, 0.2) is 0 Å². The molecular weight excluding hydrogens is 506 g/mol. The minimum absolute atomic E-state index is 0.115. The number of carboxylic acid groups (broad SMARTS) is 1. The Bertz CT molecular complexity index is 1000. The maximum atomic E-state index is 13.5. The van der Waals surface area contributed by atoms with Gasteiger partial charge in [-0.3, -0.25) is 19.2 Å². The molecule has 11 nitrogen and oxygen atoms in total. The number of rotatable bonds is 14. The lowest BCUT2D eigenvalue weighted by atomic mass is 10.0. The maximum Gasteiger partial charge on any atom is 0.329 e. The monoisotopic (exact) mass is 547 g/mol. The molecule has 1 aromatic carbocycles. The van der Waals surface area contributed by atoms with Gasteiger partial charge in [0.25, 0.3) is 0 Å². The fourth-order valence-electron chi connectivity index (χ4n) is 4.65. The molecule has 1 heterocycles. The highest BCUT2D eigenvalue weighted by Gasteiger charge is 2.47. The maximum absolute atomic E-state index is 13.5. The van der Waals surface area contributed by atoms with Crippen molar-refractivity contribution in [1.29, 1.82) is 0 Å². The Morgan fingerprint density at radius 2 is 1.82 bits per heavy atom. The van der Waals surface area contributed by atoms with Crippen molar-refractivity contribution >= 4 is 29.7 Å². The van der Waals surface area contributed by atoms with Crippen LogP contribution in [0.2, 0.25) is 0 Å². The van der Waals surface area contributed by atoms with Crippen LogP contribution >= 0.6 is 0 Å². The van der Waals surface area contributed by atoms with E-state index in [1.54, 1.807) is 31.2 Å². The molecule has 0 spiro atoms. The molecule has 216 valence electrons. The molecule has 0 aliphatic carbocycles. The summed E-state index contributed by atoms with van der Waals surface area (Å²) in [6, 6.07) is 6.02. The summed E-state index contributed by atoms with van der Waals surface area (Å²) < 4.78 is 11.2. The van der Waals surface area contributed by atoms with Crippen molar-refractivity contribution in [2.24, 2.45) is 11.7 Å². The number of likely N-dealkylation sites (tertiary alicyclic amines) is 1. The molecule has 0 saturated carbocycles. The first kappa shape index (κ1) is 31.7. The summed E-state index contributed by atoms with van der Waals surface area (Å²) in [6.45, 7) is 6.83. The van der Waals surface area contributed by atoms with Gasteiger partial charge in [0.1, 0.15) is 24.3 Å². The third-order valence-corrected chi connectivity index (χ3v) is 6.88. The molecule has 1 fully saturated rings. The standard InChI is InChI=1S/C28H41N3O8/c1-5-10-20(29)27(36)31-14-13-22(38-18(4)32)25(31)23(16-24(33)34)39-28(37)21(30-26(35)17(3)6-2)15-19-11-8-7-9-12-19/h7-9,11-12,17,20-23,25H,5-6,10,13-16,29H2,1-4H3,(H,30,35)(H,33,34). The molecule has 4 N–H and O–H groups in total. The average molecular weight is 548 g/mol. The fraction of sp³-hybridized carbons (Fsp3) is 0.607. The highest BCUT2D eigenvalue weighted by Crippen LogP contribution is 2.29. The number of benzene rings is 1. The third-order valence-electron chi connectivity index (χ3n) is 6.88. The van der Waals surface area contributed by atoms with Crippen LogP contribution in [0.3, 0.4) is 0 Å². The summed E-state index contributed by atoms with van der Waals surface area (Å²) in [5.74, 6) is -3.86. The Kier molecular flexibility index (Phi) is 12.4. The molecule has 39 heavy (non-hydrogen) atoms. The molecular formula is C28H41N3O8. The molecule has 1 aliphatic heterocycles. The van der Waals surface area contributed by atoms with Crippen molar-refractivity contribution < 1.29 is 38.6 Å². The van der Waals surface area contributed by atoms with Gasteiger partial charge in [-0.1, -0.05) is 57.5 Å². The van der Waals surface area contributed by atoms with E-state index in [0.717, 1.165) is 5.56 Å². The molecule has 6 atom stereocenters. The minimum Gasteiger partial charge on any atom is -0.481 e. The lowest BCUT2D eigenvalue weighted by Gasteiger charge is -2.35. The normalized spacial score (nSPS) is 19.9. The Morgan fingerprint density at radius 3 is 2.38 bits per heavy atom. The van der Waals surface area contributed by atoms with Gasteiger partial charge in [-0.2, -0.15) is 0 Å². The van der Waals surface area contributed by atoms with Gasteiger partial charge < -0.3 is 30.5 Å². The molecule has 11 heteroatoms. The third kappa shape index (κ3) is 9.35. The summed E-state index contributed by atoms with van der Waals surface area (Å²) in [4.78, 5) is 64.5. The molecule has 0 bridgehead atoms. The summed E-state index contributed by atoms with van der Waals surface area (Å²) in [7, 11) is 0. The van der Waals surface area contributed by atoms with Gasteiger partial charge in [0, 0.05) is 32.2 Å². The second kappa shape index (κ2) is 15.2. The first-order chi connectivity index (χ1) is 18.5. The van der Waals surface area contributed by atoms with Crippen LogP contribution in [-0.4, -0.2) is 76.6 Å². The molecule has 0 radical (unpaired) electrons. The van der Waals surface area contributed by atoms with Gasteiger partial charge in [0.05, 0.1) is 12.5 Å². The van der Waals surface area contributed by atoms with E-state index >= 15 is 0 Å². The van der Waals surface area contributed by atoms with Gasteiger partial charge in [-0.05, 0) is 18.4 Å². The number of nitrogens with two attached hydrogens (primary N) is 1. The lowest BCUT2D eigenvalue weighted by molar-refractivity contribution is -0.167. The molecule has 1 saturated heterocycles. The first-order valence-electron chi connectivity index (χ1n) is 13.5. The van der Waals surface area contributed by atoms with Crippen molar-refractivity contribution in [2.75, 3.05) is 6.54 Å². The molecule has 2 amide bonds. The van der Waals surface area contributed by atoms with E-state index in [2.05, 4.69) is 5.32 Å². The SMILES string of the molecule is CCCC(N)C(=O)N1CCC(OC(C)=O)C1C(CC(=O)O)OC(=O)C(Cc1ccccc1)NC(=O)C(C)CC. The fourth-order valence-corrected chi connectivity index (χ4v) is 4.65. The zero-order chi connectivity index (χ0) is 29.1. The summed E-state index contributed by atoms with van der Waals surface area (Å²) >= 11 is 0. The summed E-state index contributed by atoms with van der Waals surface area (Å²) in [5, 5.41) is 12.4. The number of amides is 2. The lowest BCUT2D eigenvalue weighted by Crippen LogP contribution is -2.55. The number of nitrogens with one attached hydrogen (secondary N) is 1. The Balaban J connectivity index is 2.40. The number of hydrogen-bond donors (Lipinski definition) is 3. The number of ether oxygens (including phenoxy) is 2. The highest BCUT2D eigenvalue weighted by atomic mass is 16.6. The topological polar surface area (TPSA) is 165 Å². The molecule has 2 rings (SSSR count). The van der Waals surface area contributed by atoms with Crippen molar-refractivity contribution in [2.45, 2.75) is 96.6 Å². The van der Waals surface area contributed by atoms with Crippen LogP contribution < -0.4 is 11.1 Å². The highest BCUT2D eigenvalue weighted by molar-refractivity contribution is 5.86. The smallest absolute Gasteiger partial charge is 0.329 e. The van der Waals surface area contributed by atoms with Crippen LogP contribution in [-0.2, 0) is 39.9 Å². The second-order valence-corrected chi connectivity index (χ2v) is 9.99. The second-order valence-electron chi connectivity index (χ2n) is 9.99. The Morgan fingerprint density at radius 1 is 1.15 bits per heavy atom. The van der Waals surface area contributed by atoms with E-state index in [0.29, 0.717) is 19.3 Å². The van der Waals surface area contributed by atoms with Crippen LogP contribution in [0.5, 0.6) is 0 Å².